The van der Waals surface area contributed by atoms with Crippen LogP contribution in [0.3, 0.4) is 0 Å². The first-order chi connectivity index (χ1) is 10.6. The number of aliphatic hydroxyl groups excluding tert-OH is 1. The molecule has 1 aromatic heterocycles. The van der Waals surface area contributed by atoms with Crippen LogP contribution in [0.4, 0.5) is 0 Å². The highest BCUT2D eigenvalue weighted by atomic mass is 35.5. The van der Waals surface area contributed by atoms with Crippen LogP contribution in [0.5, 0.6) is 0 Å². The predicted octanol–water partition coefficient (Wildman–Crippen LogP) is 0.919. The van der Waals surface area contributed by atoms with Crippen molar-refractivity contribution >= 4 is 18.3 Å². The van der Waals surface area contributed by atoms with E-state index in [1.165, 1.54) is 19.3 Å². The third kappa shape index (κ3) is 4.22. The SMILES string of the molecule is Cl.N[C@@H]1C[C@H](C(=O)NCc2nncn2C2CCCCC2)C[C@H]1O. The highest BCUT2D eigenvalue weighted by Crippen LogP contribution is 2.28. The molecular weight excluding hydrogens is 318 g/mol. The summed E-state index contributed by atoms with van der Waals surface area (Å²) in [5.74, 6) is 0.560. The zero-order valence-electron chi connectivity index (χ0n) is 13.2. The molecule has 0 saturated heterocycles. The van der Waals surface area contributed by atoms with Gasteiger partial charge < -0.3 is 20.7 Å². The molecule has 1 heterocycles. The molecule has 8 heteroatoms. The van der Waals surface area contributed by atoms with Crippen LogP contribution in [0.15, 0.2) is 6.33 Å². The number of amides is 1. The Balaban J connectivity index is 0.00000192. The Morgan fingerprint density at radius 2 is 2.09 bits per heavy atom. The van der Waals surface area contributed by atoms with Gasteiger partial charge in [-0.15, -0.1) is 22.6 Å². The largest absolute Gasteiger partial charge is 0.391 e. The van der Waals surface area contributed by atoms with Crippen molar-refractivity contribution in [2.24, 2.45) is 11.7 Å². The molecule has 130 valence electrons. The van der Waals surface area contributed by atoms with Gasteiger partial charge in [-0.1, -0.05) is 19.3 Å². The lowest BCUT2D eigenvalue weighted by Gasteiger charge is -2.24. The molecule has 2 fully saturated rings. The van der Waals surface area contributed by atoms with Gasteiger partial charge in [0.25, 0.3) is 0 Å². The molecule has 0 aromatic carbocycles. The van der Waals surface area contributed by atoms with Gasteiger partial charge in [0.2, 0.25) is 5.91 Å². The molecule has 0 bridgehead atoms. The number of nitrogens with one attached hydrogen (secondary N) is 1. The van der Waals surface area contributed by atoms with E-state index in [2.05, 4.69) is 20.1 Å². The highest BCUT2D eigenvalue weighted by Gasteiger charge is 2.34. The molecule has 2 aliphatic rings. The van der Waals surface area contributed by atoms with Crippen molar-refractivity contribution in [2.45, 2.75) is 69.7 Å². The zero-order chi connectivity index (χ0) is 15.5. The number of carbonyl (C=O) groups excluding carboxylic acids is 1. The number of hydrogen-bond acceptors (Lipinski definition) is 5. The third-order valence-electron chi connectivity index (χ3n) is 4.98. The van der Waals surface area contributed by atoms with Crippen molar-refractivity contribution in [3.8, 4) is 0 Å². The first-order valence-corrected chi connectivity index (χ1v) is 8.25. The summed E-state index contributed by atoms with van der Waals surface area (Å²) < 4.78 is 2.11. The summed E-state index contributed by atoms with van der Waals surface area (Å²) in [6.45, 7) is 0.386. The summed E-state index contributed by atoms with van der Waals surface area (Å²) in [7, 11) is 0. The van der Waals surface area contributed by atoms with Gasteiger partial charge in [-0.25, -0.2) is 0 Å². The van der Waals surface area contributed by atoms with Gasteiger partial charge in [0.05, 0.1) is 12.6 Å². The van der Waals surface area contributed by atoms with Gasteiger partial charge in [0, 0.05) is 18.0 Å². The Kier molecular flexibility index (Phi) is 6.38. The fourth-order valence-corrected chi connectivity index (χ4v) is 3.63. The molecular formula is C15H26ClN5O2. The van der Waals surface area contributed by atoms with Crippen molar-refractivity contribution in [2.75, 3.05) is 0 Å². The first-order valence-electron chi connectivity index (χ1n) is 8.25. The summed E-state index contributed by atoms with van der Waals surface area (Å²) in [5.41, 5.74) is 5.76. The number of hydrogen-bond donors (Lipinski definition) is 3. The van der Waals surface area contributed by atoms with E-state index in [9.17, 15) is 9.90 Å². The molecule has 0 spiro atoms. The second kappa shape index (κ2) is 8.08. The molecule has 3 atom stereocenters. The molecule has 1 amide bonds. The van der Waals surface area contributed by atoms with Crippen molar-refractivity contribution < 1.29 is 9.90 Å². The molecule has 4 N–H and O–H groups in total. The van der Waals surface area contributed by atoms with E-state index in [0.29, 0.717) is 25.4 Å². The van der Waals surface area contributed by atoms with E-state index in [-0.39, 0.29) is 30.3 Å². The average molecular weight is 344 g/mol. The van der Waals surface area contributed by atoms with E-state index < -0.39 is 6.10 Å². The molecule has 0 aliphatic heterocycles. The first kappa shape index (κ1) is 18.2. The summed E-state index contributed by atoms with van der Waals surface area (Å²) in [5, 5.41) is 20.7. The predicted molar refractivity (Wildman–Crippen MR) is 87.9 cm³/mol. The Morgan fingerprint density at radius 3 is 2.74 bits per heavy atom. The van der Waals surface area contributed by atoms with Gasteiger partial charge in [-0.05, 0) is 25.7 Å². The lowest BCUT2D eigenvalue weighted by Crippen LogP contribution is -2.31. The van der Waals surface area contributed by atoms with Gasteiger partial charge in [-0.3, -0.25) is 4.79 Å². The molecule has 2 aliphatic carbocycles. The number of carbonyl (C=O) groups is 1. The number of rotatable bonds is 4. The Morgan fingerprint density at radius 1 is 1.35 bits per heavy atom. The van der Waals surface area contributed by atoms with E-state index in [0.717, 1.165) is 18.7 Å². The molecule has 2 saturated carbocycles. The van der Waals surface area contributed by atoms with Gasteiger partial charge in [0.1, 0.15) is 6.33 Å². The molecule has 3 rings (SSSR count). The minimum Gasteiger partial charge on any atom is -0.391 e. The summed E-state index contributed by atoms with van der Waals surface area (Å²) in [4.78, 5) is 12.2. The van der Waals surface area contributed by atoms with Gasteiger partial charge in [0.15, 0.2) is 5.82 Å². The second-order valence-corrected chi connectivity index (χ2v) is 6.56. The summed E-state index contributed by atoms with van der Waals surface area (Å²) in [6, 6.07) is 0.166. The lowest BCUT2D eigenvalue weighted by molar-refractivity contribution is -0.125. The molecule has 1 aromatic rings. The smallest absolute Gasteiger partial charge is 0.223 e. The van der Waals surface area contributed by atoms with E-state index in [1.807, 2.05) is 0 Å². The summed E-state index contributed by atoms with van der Waals surface area (Å²) in [6.07, 6.45) is 8.29. The quantitative estimate of drug-likeness (QED) is 0.753. The molecule has 23 heavy (non-hydrogen) atoms. The topological polar surface area (TPSA) is 106 Å². The highest BCUT2D eigenvalue weighted by molar-refractivity contribution is 5.85. The van der Waals surface area contributed by atoms with E-state index in [4.69, 9.17) is 5.73 Å². The van der Waals surface area contributed by atoms with Crippen LogP contribution >= 0.6 is 12.4 Å². The van der Waals surface area contributed by atoms with Crippen LogP contribution in [-0.2, 0) is 11.3 Å². The monoisotopic (exact) mass is 343 g/mol. The van der Waals surface area contributed by atoms with Crippen LogP contribution in [0.1, 0.15) is 56.8 Å². The third-order valence-corrected chi connectivity index (χ3v) is 4.98. The Bertz CT molecular complexity index is 508. The van der Waals surface area contributed by atoms with E-state index >= 15 is 0 Å². The number of aliphatic hydroxyl groups is 1. The van der Waals surface area contributed by atoms with Crippen molar-refractivity contribution in [3.05, 3.63) is 12.2 Å². The number of aromatic nitrogens is 3. The van der Waals surface area contributed by atoms with Crippen molar-refractivity contribution in [1.82, 2.24) is 20.1 Å². The minimum absolute atomic E-state index is 0. The molecule has 7 nitrogen and oxygen atoms in total. The van der Waals surface area contributed by atoms with Crippen LogP contribution < -0.4 is 11.1 Å². The van der Waals surface area contributed by atoms with Crippen LogP contribution in [0.2, 0.25) is 0 Å². The van der Waals surface area contributed by atoms with E-state index in [1.54, 1.807) is 6.33 Å². The second-order valence-electron chi connectivity index (χ2n) is 6.56. The standard InChI is InChI=1S/C15H25N5O2.ClH/c16-12-6-10(7-13(12)21)15(22)17-8-14-19-18-9-20(14)11-4-2-1-3-5-11;/h9-13,21H,1-8,16H2,(H,17,22);1H/t10-,12+,13+;/m0./s1. The zero-order valence-corrected chi connectivity index (χ0v) is 14.0. The average Bonchev–Trinajstić information content (AvgIpc) is 3.13. The maximum absolute atomic E-state index is 12.2. The maximum Gasteiger partial charge on any atom is 0.223 e. The van der Waals surface area contributed by atoms with Crippen LogP contribution in [-0.4, -0.2) is 37.9 Å². The fourth-order valence-electron chi connectivity index (χ4n) is 3.63. The maximum atomic E-state index is 12.2. The Labute approximate surface area is 142 Å². The number of halogens is 1. The molecule has 0 radical (unpaired) electrons. The minimum atomic E-state index is -0.568. The van der Waals surface area contributed by atoms with Crippen molar-refractivity contribution in [3.63, 3.8) is 0 Å². The van der Waals surface area contributed by atoms with Gasteiger partial charge >= 0.3 is 0 Å². The van der Waals surface area contributed by atoms with Gasteiger partial charge in [-0.2, -0.15) is 0 Å². The number of nitrogens with two attached hydrogens (primary N) is 1. The number of nitrogens with zero attached hydrogens (tertiary/aromatic N) is 3. The molecule has 0 unspecified atom stereocenters. The summed E-state index contributed by atoms with van der Waals surface area (Å²) >= 11 is 0. The van der Waals surface area contributed by atoms with Crippen LogP contribution in [0, 0.1) is 5.92 Å². The lowest BCUT2D eigenvalue weighted by atomic mass is 9.95. The van der Waals surface area contributed by atoms with Crippen molar-refractivity contribution in [1.29, 1.82) is 0 Å². The normalized spacial score (nSPS) is 28.3. The Hall–Kier alpha value is -1.18. The van der Waals surface area contributed by atoms with Crippen LogP contribution in [0.25, 0.3) is 0 Å². The fraction of sp³-hybridized carbons (Fsp3) is 0.800.